The highest BCUT2D eigenvalue weighted by atomic mass is 19.1. The van der Waals surface area contributed by atoms with Crippen LogP contribution in [0.5, 0.6) is 0 Å². The van der Waals surface area contributed by atoms with Gasteiger partial charge in [0.2, 0.25) is 0 Å². The van der Waals surface area contributed by atoms with Gasteiger partial charge in [0.15, 0.2) is 0 Å². The Kier molecular flexibility index (Phi) is 5.57. The SMILES string of the molecule is O=C(c1ccccc1[N+](=O)[O-])N(Cc1ccccc1F)N1C(=O)[C@@H]2C3c4ccccc4C(c4ccccc43)[C@H]2C1=O. The monoisotopic (exact) mass is 547 g/mol. The summed E-state index contributed by atoms with van der Waals surface area (Å²) in [6.07, 6.45) is 0. The first-order valence-electron chi connectivity index (χ1n) is 13.2. The Labute approximate surface area is 233 Å². The molecule has 4 aromatic rings. The number of rotatable bonds is 5. The fourth-order valence-corrected chi connectivity index (χ4v) is 6.87. The van der Waals surface area contributed by atoms with Crippen LogP contribution in [0, 0.1) is 27.8 Å². The molecule has 1 aliphatic heterocycles. The van der Waals surface area contributed by atoms with Crippen LogP contribution in [0.3, 0.4) is 0 Å². The van der Waals surface area contributed by atoms with Crippen LogP contribution in [0.2, 0.25) is 0 Å². The van der Waals surface area contributed by atoms with E-state index in [2.05, 4.69) is 0 Å². The minimum Gasteiger partial charge on any atom is -0.272 e. The van der Waals surface area contributed by atoms with Gasteiger partial charge in [-0.2, -0.15) is 5.01 Å². The second kappa shape index (κ2) is 9.19. The number of hydrogen-bond acceptors (Lipinski definition) is 5. The van der Waals surface area contributed by atoms with Gasteiger partial charge in [-0.05, 0) is 34.4 Å². The summed E-state index contributed by atoms with van der Waals surface area (Å²) < 4.78 is 14.9. The summed E-state index contributed by atoms with van der Waals surface area (Å²) >= 11 is 0. The van der Waals surface area contributed by atoms with Crippen molar-refractivity contribution in [3.63, 3.8) is 0 Å². The number of carbonyl (C=O) groups is 3. The van der Waals surface area contributed by atoms with E-state index >= 15 is 0 Å². The molecule has 9 heteroatoms. The lowest BCUT2D eigenvalue weighted by atomic mass is 9.55. The minimum absolute atomic E-state index is 0.0597. The van der Waals surface area contributed by atoms with E-state index in [0.29, 0.717) is 0 Å². The van der Waals surface area contributed by atoms with Crippen molar-refractivity contribution >= 4 is 23.4 Å². The van der Waals surface area contributed by atoms with Gasteiger partial charge >= 0.3 is 0 Å². The molecule has 0 N–H and O–H groups in total. The van der Waals surface area contributed by atoms with Gasteiger partial charge < -0.3 is 0 Å². The maximum atomic E-state index is 14.9. The van der Waals surface area contributed by atoms with E-state index in [1.54, 1.807) is 6.07 Å². The molecule has 41 heavy (non-hydrogen) atoms. The van der Waals surface area contributed by atoms with Crippen molar-refractivity contribution < 1.29 is 23.7 Å². The standard InChI is InChI=1S/C32H22FN3O5/c33-24-15-7-1-9-18(24)17-34(30(37)23-14-6-8-16-25(23)36(40)41)35-31(38)28-26-19-10-2-3-11-20(19)27(29(28)32(35)39)22-13-5-4-12-21(22)26/h1-16,26-29H,17H2/t26?,27?,28-,29-/m1/s1. The van der Waals surface area contributed by atoms with Crippen molar-refractivity contribution in [2.45, 2.75) is 18.4 Å². The second-order valence-electron chi connectivity index (χ2n) is 10.5. The molecule has 0 aromatic heterocycles. The van der Waals surface area contributed by atoms with E-state index in [-0.39, 0.29) is 11.1 Å². The van der Waals surface area contributed by atoms with E-state index in [1.165, 1.54) is 42.5 Å². The molecular formula is C32H22FN3O5. The molecule has 4 aliphatic rings. The van der Waals surface area contributed by atoms with Crippen LogP contribution in [-0.2, 0) is 16.1 Å². The van der Waals surface area contributed by atoms with Crippen LogP contribution in [0.15, 0.2) is 97.1 Å². The molecular weight excluding hydrogens is 525 g/mol. The fourth-order valence-electron chi connectivity index (χ4n) is 6.87. The summed E-state index contributed by atoms with van der Waals surface area (Å²) in [5.74, 6) is -5.11. The molecule has 0 spiro atoms. The normalized spacial score (nSPS) is 21.7. The van der Waals surface area contributed by atoms with Crippen LogP contribution in [-0.4, -0.2) is 32.7 Å². The van der Waals surface area contributed by atoms with Crippen molar-refractivity contribution in [2.24, 2.45) is 11.8 Å². The van der Waals surface area contributed by atoms with Crippen LogP contribution >= 0.6 is 0 Å². The summed E-state index contributed by atoms with van der Waals surface area (Å²) in [5.41, 5.74) is 3.13. The first-order chi connectivity index (χ1) is 19.9. The quantitative estimate of drug-likeness (QED) is 0.195. The molecule has 1 heterocycles. The predicted octanol–water partition coefficient (Wildman–Crippen LogP) is 5.18. The number of nitro benzene ring substituents is 1. The van der Waals surface area contributed by atoms with Gasteiger partial charge in [-0.15, -0.1) is 0 Å². The van der Waals surface area contributed by atoms with E-state index in [1.807, 2.05) is 48.5 Å². The molecule has 3 amide bonds. The van der Waals surface area contributed by atoms with Crippen molar-refractivity contribution in [2.75, 3.05) is 0 Å². The van der Waals surface area contributed by atoms with Crippen molar-refractivity contribution in [3.8, 4) is 0 Å². The number of para-hydroxylation sites is 1. The topological polar surface area (TPSA) is 101 Å². The Balaban J connectivity index is 1.38. The van der Waals surface area contributed by atoms with Gasteiger partial charge in [0.05, 0.1) is 23.3 Å². The molecule has 1 saturated heterocycles. The van der Waals surface area contributed by atoms with Crippen molar-refractivity contribution in [1.29, 1.82) is 0 Å². The average Bonchev–Trinajstić information content (AvgIpc) is 3.26. The molecule has 0 radical (unpaired) electrons. The second-order valence-corrected chi connectivity index (χ2v) is 10.5. The Morgan fingerprint density at radius 1 is 0.756 bits per heavy atom. The van der Waals surface area contributed by atoms with Crippen LogP contribution in [0.4, 0.5) is 10.1 Å². The summed E-state index contributed by atoms with van der Waals surface area (Å²) in [6.45, 7) is -0.469. The van der Waals surface area contributed by atoms with E-state index in [4.69, 9.17) is 0 Å². The van der Waals surface area contributed by atoms with Crippen molar-refractivity contribution in [3.05, 3.63) is 146 Å². The van der Waals surface area contributed by atoms with Crippen LogP contribution in [0.25, 0.3) is 0 Å². The highest BCUT2D eigenvalue weighted by Gasteiger charge is 2.63. The van der Waals surface area contributed by atoms with Crippen LogP contribution in [0.1, 0.15) is 50.0 Å². The Morgan fingerprint density at radius 3 is 1.73 bits per heavy atom. The maximum absolute atomic E-state index is 14.9. The average molecular weight is 548 g/mol. The largest absolute Gasteiger partial charge is 0.282 e. The zero-order valence-corrected chi connectivity index (χ0v) is 21.5. The number of amides is 3. The maximum Gasteiger partial charge on any atom is 0.282 e. The summed E-state index contributed by atoms with van der Waals surface area (Å²) in [7, 11) is 0. The number of carbonyl (C=O) groups excluding carboxylic acids is 3. The predicted molar refractivity (Wildman–Crippen MR) is 145 cm³/mol. The van der Waals surface area contributed by atoms with Gasteiger partial charge in [-0.3, -0.25) is 24.5 Å². The molecule has 8 nitrogen and oxygen atoms in total. The summed E-state index contributed by atoms with van der Waals surface area (Å²) in [5, 5.41) is 13.5. The number of nitro groups is 1. The molecule has 2 bridgehead atoms. The van der Waals surface area contributed by atoms with E-state index in [9.17, 15) is 28.9 Å². The number of imide groups is 1. The Morgan fingerprint density at radius 2 is 1.22 bits per heavy atom. The van der Waals surface area contributed by atoms with Gasteiger partial charge in [-0.1, -0.05) is 78.9 Å². The highest BCUT2D eigenvalue weighted by molar-refractivity contribution is 6.10. The van der Waals surface area contributed by atoms with Crippen LogP contribution < -0.4 is 0 Å². The summed E-state index contributed by atoms with van der Waals surface area (Å²) in [4.78, 5) is 53.8. The molecule has 2 atom stereocenters. The molecule has 0 saturated carbocycles. The number of halogens is 1. The van der Waals surface area contributed by atoms with Gasteiger partial charge in [0.1, 0.15) is 11.4 Å². The highest BCUT2D eigenvalue weighted by Crippen LogP contribution is 2.61. The third-order valence-electron chi connectivity index (χ3n) is 8.51. The van der Waals surface area contributed by atoms with E-state index in [0.717, 1.165) is 32.3 Å². The zero-order valence-electron chi connectivity index (χ0n) is 21.5. The molecule has 3 aliphatic carbocycles. The van der Waals surface area contributed by atoms with Gasteiger partial charge in [0, 0.05) is 23.5 Å². The number of nitrogens with zero attached hydrogens (tertiary/aromatic N) is 3. The Bertz CT molecular complexity index is 1670. The molecule has 202 valence electrons. The zero-order chi connectivity index (χ0) is 28.4. The minimum atomic E-state index is -0.941. The summed E-state index contributed by atoms with van der Waals surface area (Å²) in [6, 6.07) is 26.5. The first-order valence-corrected chi connectivity index (χ1v) is 13.2. The lowest BCUT2D eigenvalue weighted by Crippen LogP contribution is -2.50. The van der Waals surface area contributed by atoms with Gasteiger partial charge in [-0.25, -0.2) is 9.40 Å². The molecule has 4 aromatic carbocycles. The molecule has 0 unspecified atom stereocenters. The lowest BCUT2D eigenvalue weighted by Gasteiger charge is -2.45. The van der Waals surface area contributed by atoms with Gasteiger partial charge in [0.25, 0.3) is 23.4 Å². The number of hydrazine groups is 1. The molecule has 8 rings (SSSR count). The van der Waals surface area contributed by atoms with Crippen molar-refractivity contribution in [1.82, 2.24) is 10.0 Å². The van der Waals surface area contributed by atoms with E-state index < -0.39 is 64.4 Å². The molecule has 1 fully saturated rings. The number of benzene rings is 4. The third kappa shape index (κ3) is 3.55. The number of hydrogen-bond donors (Lipinski definition) is 0. The Hall–Kier alpha value is -5.18. The third-order valence-corrected chi connectivity index (χ3v) is 8.51. The smallest absolute Gasteiger partial charge is 0.272 e. The lowest BCUT2D eigenvalue weighted by molar-refractivity contribution is -0.385. The fraction of sp³-hybridized carbons (Fsp3) is 0.156. The first kappa shape index (κ1) is 24.8.